The van der Waals surface area contributed by atoms with Crippen LogP contribution in [0.5, 0.6) is 0 Å². The van der Waals surface area contributed by atoms with Crippen molar-refractivity contribution in [3.8, 4) is 0 Å². The highest BCUT2D eigenvalue weighted by Gasteiger charge is 2.05. The summed E-state index contributed by atoms with van der Waals surface area (Å²) in [5.41, 5.74) is 0. The molecule has 0 saturated carbocycles. The Balaban J connectivity index is 2.09. The first-order chi connectivity index (χ1) is 6.68. The molecular formula is C11H19NOS. The lowest BCUT2D eigenvalue weighted by Crippen LogP contribution is -2.22. The second kappa shape index (κ2) is 6.17. The predicted molar refractivity (Wildman–Crippen MR) is 61.5 cm³/mol. The van der Waals surface area contributed by atoms with E-state index in [1.165, 1.54) is 4.88 Å². The lowest BCUT2D eigenvalue weighted by molar-refractivity contribution is 0.163. The molecule has 0 saturated heterocycles. The molecule has 0 radical (unpaired) electrons. The van der Waals surface area contributed by atoms with Crippen molar-refractivity contribution >= 4 is 11.3 Å². The van der Waals surface area contributed by atoms with Crippen LogP contribution in [-0.2, 0) is 6.54 Å². The summed E-state index contributed by atoms with van der Waals surface area (Å²) in [6, 6.07) is 4.21. The third-order valence-electron chi connectivity index (χ3n) is 2.12. The van der Waals surface area contributed by atoms with E-state index < -0.39 is 0 Å². The van der Waals surface area contributed by atoms with Gasteiger partial charge >= 0.3 is 0 Å². The Hall–Kier alpha value is -0.380. The van der Waals surface area contributed by atoms with Gasteiger partial charge < -0.3 is 10.4 Å². The fraction of sp³-hybridized carbons (Fsp3) is 0.636. The van der Waals surface area contributed by atoms with Crippen molar-refractivity contribution in [1.82, 2.24) is 5.32 Å². The first-order valence-electron chi connectivity index (χ1n) is 5.09. The van der Waals surface area contributed by atoms with Gasteiger partial charge in [0, 0.05) is 11.4 Å². The van der Waals surface area contributed by atoms with Crippen LogP contribution < -0.4 is 5.32 Å². The van der Waals surface area contributed by atoms with E-state index in [0.29, 0.717) is 5.92 Å². The third-order valence-corrected chi connectivity index (χ3v) is 2.99. The Bertz CT molecular complexity index is 233. The highest BCUT2D eigenvalue weighted by Crippen LogP contribution is 2.08. The Morgan fingerprint density at radius 3 is 2.86 bits per heavy atom. The van der Waals surface area contributed by atoms with Crippen LogP contribution >= 0.6 is 11.3 Å². The standard InChI is InChI=1S/C11H19NOS/c1-9(6-10(2)13)7-12-8-11-4-3-5-14-11/h3-5,9-10,12-13H,6-8H2,1-2H3. The predicted octanol–water partition coefficient (Wildman–Crippen LogP) is 2.24. The first-order valence-corrected chi connectivity index (χ1v) is 5.97. The molecule has 0 aliphatic heterocycles. The lowest BCUT2D eigenvalue weighted by Gasteiger charge is -2.13. The zero-order valence-electron chi connectivity index (χ0n) is 8.86. The zero-order chi connectivity index (χ0) is 10.4. The summed E-state index contributed by atoms with van der Waals surface area (Å²) >= 11 is 1.78. The van der Waals surface area contributed by atoms with Gasteiger partial charge in [-0.25, -0.2) is 0 Å². The second-order valence-corrected chi connectivity index (χ2v) is 4.93. The van der Waals surface area contributed by atoms with E-state index in [4.69, 9.17) is 0 Å². The van der Waals surface area contributed by atoms with Gasteiger partial charge in [0.15, 0.2) is 0 Å². The smallest absolute Gasteiger partial charge is 0.0515 e. The molecule has 0 aliphatic carbocycles. The van der Waals surface area contributed by atoms with Crippen LogP contribution in [0.25, 0.3) is 0 Å². The van der Waals surface area contributed by atoms with Gasteiger partial charge in [-0.2, -0.15) is 0 Å². The number of rotatable bonds is 6. The minimum atomic E-state index is -0.187. The van der Waals surface area contributed by atoms with E-state index in [1.807, 2.05) is 6.92 Å². The molecule has 1 aromatic heterocycles. The van der Waals surface area contributed by atoms with Crippen molar-refractivity contribution in [3.63, 3.8) is 0 Å². The van der Waals surface area contributed by atoms with Gasteiger partial charge in [0.1, 0.15) is 0 Å². The van der Waals surface area contributed by atoms with Gasteiger partial charge in [0.25, 0.3) is 0 Å². The molecule has 1 heterocycles. The van der Waals surface area contributed by atoms with E-state index in [2.05, 4.69) is 29.8 Å². The lowest BCUT2D eigenvalue weighted by atomic mass is 10.1. The van der Waals surface area contributed by atoms with Crippen molar-refractivity contribution in [2.24, 2.45) is 5.92 Å². The number of hydrogen-bond acceptors (Lipinski definition) is 3. The molecule has 0 aliphatic rings. The van der Waals surface area contributed by atoms with Crippen LogP contribution in [0.2, 0.25) is 0 Å². The molecule has 2 atom stereocenters. The van der Waals surface area contributed by atoms with Crippen molar-refractivity contribution in [2.75, 3.05) is 6.54 Å². The summed E-state index contributed by atoms with van der Waals surface area (Å²) in [6.07, 6.45) is 0.686. The maximum atomic E-state index is 9.18. The minimum Gasteiger partial charge on any atom is -0.393 e. The Morgan fingerprint density at radius 2 is 2.29 bits per heavy atom. The molecule has 80 valence electrons. The molecule has 0 spiro atoms. The summed E-state index contributed by atoms with van der Waals surface area (Å²) in [6.45, 7) is 5.93. The van der Waals surface area contributed by atoms with Crippen molar-refractivity contribution in [3.05, 3.63) is 22.4 Å². The van der Waals surface area contributed by atoms with Crippen molar-refractivity contribution in [2.45, 2.75) is 32.9 Å². The van der Waals surface area contributed by atoms with Gasteiger partial charge in [-0.3, -0.25) is 0 Å². The molecule has 1 aromatic rings. The molecule has 3 heteroatoms. The summed E-state index contributed by atoms with van der Waals surface area (Å²) in [4.78, 5) is 1.37. The molecule has 0 fully saturated rings. The van der Waals surface area contributed by atoms with Crippen molar-refractivity contribution in [1.29, 1.82) is 0 Å². The van der Waals surface area contributed by atoms with E-state index in [9.17, 15) is 5.11 Å². The fourth-order valence-electron chi connectivity index (χ4n) is 1.52. The molecule has 2 N–H and O–H groups in total. The van der Waals surface area contributed by atoms with Crippen LogP contribution in [0.1, 0.15) is 25.1 Å². The van der Waals surface area contributed by atoms with Crippen LogP contribution in [0.4, 0.5) is 0 Å². The van der Waals surface area contributed by atoms with E-state index in [0.717, 1.165) is 19.5 Å². The summed E-state index contributed by atoms with van der Waals surface area (Å²) in [5.74, 6) is 0.537. The second-order valence-electron chi connectivity index (χ2n) is 3.90. The SMILES string of the molecule is CC(O)CC(C)CNCc1cccs1. The normalized spacial score (nSPS) is 15.4. The van der Waals surface area contributed by atoms with Crippen molar-refractivity contribution < 1.29 is 5.11 Å². The fourth-order valence-corrected chi connectivity index (χ4v) is 2.20. The number of aliphatic hydroxyl groups excluding tert-OH is 1. The molecule has 2 nitrogen and oxygen atoms in total. The summed E-state index contributed by atoms with van der Waals surface area (Å²) < 4.78 is 0. The van der Waals surface area contributed by atoms with Gasteiger partial charge in [0.05, 0.1) is 6.10 Å². The molecule has 0 bridgehead atoms. The number of nitrogens with one attached hydrogen (secondary N) is 1. The topological polar surface area (TPSA) is 32.3 Å². The van der Waals surface area contributed by atoms with Crippen LogP contribution in [0, 0.1) is 5.92 Å². The number of thiophene rings is 1. The molecule has 14 heavy (non-hydrogen) atoms. The molecular weight excluding hydrogens is 194 g/mol. The Kier molecular flexibility index (Phi) is 5.15. The number of aliphatic hydroxyl groups is 1. The van der Waals surface area contributed by atoms with Gasteiger partial charge in [0.2, 0.25) is 0 Å². The van der Waals surface area contributed by atoms with E-state index in [-0.39, 0.29) is 6.10 Å². The monoisotopic (exact) mass is 213 g/mol. The first kappa shape index (κ1) is 11.7. The average Bonchev–Trinajstić information content (AvgIpc) is 2.55. The summed E-state index contributed by atoms with van der Waals surface area (Å²) in [7, 11) is 0. The van der Waals surface area contributed by atoms with Gasteiger partial charge in [-0.15, -0.1) is 11.3 Å². The van der Waals surface area contributed by atoms with E-state index in [1.54, 1.807) is 11.3 Å². The molecule has 0 aromatic carbocycles. The third kappa shape index (κ3) is 4.74. The minimum absolute atomic E-state index is 0.187. The van der Waals surface area contributed by atoms with Crippen LogP contribution in [0.15, 0.2) is 17.5 Å². The maximum absolute atomic E-state index is 9.18. The average molecular weight is 213 g/mol. The number of hydrogen-bond donors (Lipinski definition) is 2. The zero-order valence-corrected chi connectivity index (χ0v) is 9.68. The Labute approximate surface area is 90.0 Å². The van der Waals surface area contributed by atoms with Crippen LogP contribution in [0.3, 0.4) is 0 Å². The largest absolute Gasteiger partial charge is 0.393 e. The highest BCUT2D eigenvalue weighted by molar-refractivity contribution is 7.09. The molecule has 1 rings (SSSR count). The highest BCUT2D eigenvalue weighted by atomic mass is 32.1. The Morgan fingerprint density at radius 1 is 1.50 bits per heavy atom. The molecule has 2 unspecified atom stereocenters. The molecule has 0 amide bonds. The quantitative estimate of drug-likeness (QED) is 0.759. The van der Waals surface area contributed by atoms with Gasteiger partial charge in [-0.1, -0.05) is 13.0 Å². The van der Waals surface area contributed by atoms with E-state index >= 15 is 0 Å². The van der Waals surface area contributed by atoms with Gasteiger partial charge in [-0.05, 0) is 37.3 Å². The summed E-state index contributed by atoms with van der Waals surface area (Å²) in [5, 5.41) is 14.7. The maximum Gasteiger partial charge on any atom is 0.0515 e. The van der Waals surface area contributed by atoms with Crippen LogP contribution in [-0.4, -0.2) is 17.8 Å².